The van der Waals surface area contributed by atoms with Crippen LogP contribution in [0.4, 0.5) is 10.1 Å². The van der Waals surface area contributed by atoms with Crippen molar-refractivity contribution < 1.29 is 4.39 Å². The summed E-state index contributed by atoms with van der Waals surface area (Å²) < 4.78 is 13.8. The molecule has 5 heteroatoms. The SMILES string of the molecule is NCC1(Nc2ccc(F)c(Br)c2)CCN2CCCC21. The number of benzene rings is 1. The second kappa shape index (κ2) is 5.04. The molecule has 0 bridgehead atoms. The third kappa shape index (κ3) is 2.28. The van der Waals surface area contributed by atoms with Crippen molar-refractivity contribution in [1.29, 1.82) is 0 Å². The number of halogens is 2. The summed E-state index contributed by atoms with van der Waals surface area (Å²) in [7, 11) is 0. The molecule has 0 aliphatic carbocycles. The summed E-state index contributed by atoms with van der Waals surface area (Å²) in [5.41, 5.74) is 6.94. The third-order valence-corrected chi connectivity index (χ3v) is 5.13. The first-order valence-corrected chi connectivity index (χ1v) is 7.61. The molecule has 2 heterocycles. The number of hydrogen-bond acceptors (Lipinski definition) is 3. The first kappa shape index (κ1) is 13.3. The molecule has 0 spiro atoms. The lowest BCUT2D eigenvalue weighted by atomic mass is 9.88. The van der Waals surface area contributed by atoms with E-state index in [1.54, 1.807) is 12.1 Å². The first-order valence-electron chi connectivity index (χ1n) is 6.82. The fourth-order valence-electron chi connectivity index (χ4n) is 3.53. The highest BCUT2D eigenvalue weighted by atomic mass is 79.9. The van der Waals surface area contributed by atoms with Crippen molar-refractivity contribution in [3.8, 4) is 0 Å². The molecule has 2 atom stereocenters. The number of nitrogens with one attached hydrogen (secondary N) is 1. The Labute approximate surface area is 121 Å². The van der Waals surface area contributed by atoms with Gasteiger partial charge < -0.3 is 11.1 Å². The summed E-state index contributed by atoms with van der Waals surface area (Å²) in [6, 6.07) is 5.58. The standard InChI is InChI=1S/C14H19BrFN3/c15-11-8-10(3-4-12(11)16)18-14(9-17)5-7-19-6-1-2-13(14)19/h3-4,8,13,18H,1-2,5-7,9,17H2. The fourth-order valence-corrected chi connectivity index (χ4v) is 3.90. The van der Waals surface area contributed by atoms with Crippen LogP contribution in [-0.4, -0.2) is 36.1 Å². The van der Waals surface area contributed by atoms with Crippen molar-refractivity contribution in [2.45, 2.75) is 30.8 Å². The Morgan fingerprint density at radius 3 is 3.05 bits per heavy atom. The van der Waals surface area contributed by atoms with Crippen LogP contribution in [0, 0.1) is 5.82 Å². The van der Waals surface area contributed by atoms with E-state index in [0.29, 0.717) is 17.1 Å². The zero-order valence-electron chi connectivity index (χ0n) is 10.8. The second-order valence-corrected chi connectivity index (χ2v) is 6.41. The molecule has 0 radical (unpaired) electrons. The van der Waals surface area contributed by atoms with Crippen molar-refractivity contribution >= 4 is 21.6 Å². The predicted octanol–water partition coefficient (Wildman–Crippen LogP) is 2.57. The minimum Gasteiger partial charge on any atom is -0.377 e. The zero-order valence-corrected chi connectivity index (χ0v) is 12.4. The van der Waals surface area contributed by atoms with Crippen LogP contribution in [0.2, 0.25) is 0 Å². The van der Waals surface area contributed by atoms with E-state index < -0.39 is 0 Å². The highest BCUT2D eigenvalue weighted by Gasteiger charge is 2.48. The maximum Gasteiger partial charge on any atom is 0.137 e. The zero-order chi connectivity index (χ0) is 13.5. The van der Waals surface area contributed by atoms with Crippen LogP contribution < -0.4 is 11.1 Å². The van der Waals surface area contributed by atoms with E-state index >= 15 is 0 Å². The number of nitrogens with two attached hydrogens (primary N) is 1. The van der Waals surface area contributed by atoms with Crippen molar-refractivity contribution in [3.63, 3.8) is 0 Å². The van der Waals surface area contributed by atoms with Crippen LogP contribution in [-0.2, 0) is 0 Å². The van der Waals surface area contributed by atoms with Crippen LogP contribution in [0.3, 0.4) is 0 Å². The molecule has 0 aromatic heterocycles. The van der Waals surface area contributed by atoms with Gasteiger partial charge in [0.15, 0.2) is 0 Å². The maximum absolute atomic E-state index is 13.3. The molecule has 3 nitrogen and oxygen atoms in total. The normalized spacial score (nSPS) is 30.6. The molecule has 3 N–H and O–H groups in total. The second-order valence-electron chi connectivity index (χ2n) is 5.56. The molecule has 3 rings (SSSR count). The minimum atomic E-state index is -0.235. The van der Waals surface area contributed by atoms with Gasteiger partial charge in [-0.2, -0.15) is 0 Å². The van der Waals surface area contributed by atoms with E-state index in [2.05, 4.69) is 26.1 Å². The van der Waals surface area contributed by atoms with Crippen LogP contribution in [0.15, 0.2) is 22.7 Å². The molecule has 2 unspecified atom stereocenters. The van der Waals surface area contributed by atoms with Crippen molar-refractivity contribution in [1.82, 2.24) is 4.90 Å². The summed E-state index contributed by atoms with van der Waals surface area (Å²) in [6.45, 7) is 2.90. The molecule has 104 valence electrons. The van der Waals surface area contributed by atoms with Gasteiger partial charge in [0.05, 0.1) is 10.0 Å². The largest absolute Gasteiger partial charge is 0.377 e. The topological polar surface area (TPSA) is 41.3 Å². The van der Waals surface area contributed by atoms with E-state index in [4.69, 9.17) is 5.73 Å². The highest BCUT2D eigenvalue weighted by Crippen LogP contribution is 2.38. The average Bonchev–Trinajstić information content (AvgIpc) is 2.98. The van der Waals surface area contributed by atoms with E-state index in [1.807, 2.05) is 0 Å². The molecule has 0 saturated carbocycles. The van der Waals surface area contributed by atoms with Gasteiger partial charge in [0.25, 0.3) is 0 Å². The Balaban J connectivity index is 1.85. The van der Waals surface area contributed by atoms with E-state index in [0.717, 1.165) is 18.7 Å². The van der Waals surface area contributed by atoms with Gasteiger partial charge in [-0.15, -0.1) is 0 Å². The van der Waals surface area contributed by atoms with Crippen LogP contribution in [0.25, 0.3) is 0 Å². The van der Waals surface area contributed by atoms with Crippen LogP contribution >= 0.6 is 15.9 Å². The van der Waals surface area contributed by atoms with Gasteiger partial charge in [-0.05, 0) is 59.9 Å². The van der Waals surface area contributed by atoms with Crippen LogP contribution in [0.5, 0.6) is 0 Å². The van der Waals surface area contributed by atoms with E-state index in [1.165, 1.54) is 25.5 Å². The molecule has 0 amide bonds. The Kier molecular flexibility index (Phi) is 3.53. The van der Waals surface area contributed by atoms with Gasteiger partial charge in [0.1, 0.15) is 5.82 Å². The Hall–Kier alpha value is -0.650. The molecule has 1 aromatic rings. The Morgan fingerprint density at radius 1 is 1.47 bits per heavy atom. The summed E-state index contributed by atoms with van der Waals surface area (Å²) in [4.78, 5) is 2.53. The number of nitrogens with zero attached hydrogens (tertiary/aromatic N) is 1. The molecule has 2 aliphatic heterocycles. The minimum absolute atomic E-state index is 0.0617. The van der Waals surface area contributed by atoms with Gasteiger partial charge in [-0.25, -0.2) is 4.39 Å². The summed E-state index contributed by atoms with van der Waals surface area (Å²) in [6.07, 6.45) is 3.51. The molecule has 2 fully saturated rings. The highest BCUT2D eigenvalue weighted by molar-refractivity contribution is 9.10. The van der Waals surface area contributed by atoms with Gasteiger partial charge >= 0.3 is 0 Å². The molecule has 2 saturated heterocycles. The molecular formula is C14H19BrFN3. The van der Waals surface area contributed by atoms with Gasteiger partial charge in [0, 0.05) is 24.8 Å². The Bertz CT molecular complexity index is 482. The molecule has 1 aromatic carbocycles. The lowest BCUT2D eigenvalue weighted by molar-refractivity contribution is 0.280. The van der Waals surface area contributed by atoms with Crippen molar-refractivity contribution in [2.75, 3.05) is 25.0 Å². The predicted molar refractivity (Wildman–Crippen MR) is 78.7 cm³/mol. The lowest BCUT2D eigenvalue weighted by Gasteiger charge is -2.36. The van der Waals surface area contributed by atoms with Crippen molar-refractivity contribution in [3.05, 3.63) is 28.5 Å². The third-order valence-electron chi connectivity index (χ3n) is 4.52. The maximum atomic E-state index is 13.3. The first-order chi connectivity index (χ1) is 9.14. The smallest absolute Gasteiger partial charge is 0.137 e. The molecular weight excluding hydrogens is 309 g/mol. The van der Waals surface area contributed by atoms with Gasteiger partial charge in [-0.3, -0.25) is 4.90 Å². The monoisotopic (exact) mass is 327 g/mol. The average molecular weight is 328 g/mol. The summed E-state index contributed by atoms with van der Waals surface area (Å²) in [5, 5.41) is 3.58. The van der Waals surface area contributed by atoms with E-state index in [9.17, 15) is 4.39 Å². The number of hydrogen-bond donors (Lipinski definition) is 2. The number of rotatable bonds is 3. The van der Waals surface area contributed by atoms with Crippen molar-refractivity contribution in [2.24, 2.45) is 5.73 Å². The number of fused-ring (bicyclic) bond motifs is 1. The van der Waals surface area contributed by atoms with Gasteiger partial charge in [-0.1, -0.05) is 0 Å². The fraction of sp³-hybridized carbons (Fsp3) is 0.571. The summed E-state index contributed by atoms with van der Waals surface area (Å²) in [5.74, 6) is -0.235. The van der Waals surface area contributed by atoms with Crippen LogP contribution in [0.1, 0.15) is 19.3 Å². The lowest BCUT2D eigenvalue weighted by Crippen LogP contribution is -2.53. The van der Waals surface area contributed by atoms with Gasteiger partial charge in [0.2, 0.25) is 0 Å². The number of anilines is 1. The quantitative estimate of drug-likeness (QED) is 0.896. The Morgan fingerprint density at radius 2 is 2.32 bits per heavy atom. The molecule has 2 aliphatic rings. The van der Waals surface area contributed by atoms with E-state index in [-0.39, 0.29) is 11.4 Å². The summed E-state index contributed by atoms with van der Waals surface area (Å²) >= 11 is 3.23. The molecule has 19 heavy (non-hydrogen) atoms.